The number of hydrogen-bond acceptors (Lipinski definition) is 6. The van der Waals surface area contributed by atoms with E-state index in [1.165, 1.54) is 36.4 Å². The van der Waals surface area contributed by atoms with E-state index in [9.17, 15) is 28.0 Å². The Labute approximate surface area is 252 Å². The number of halogens is 2. The molecule has 4 aliphatic rings. The van der Waals surface area contributed by atoms with Gasteiger partial charge in [-0.15, -0.1) is 0 Å². The van der Waals surface area contributed by atoms with Gasteiger partial charge in [-0.25, -0.2) is 8.78 Å². The number of nitrogens with zero attached hydrogens (tertiary/aromatic N) is 2. The monoisotopic (exact) mass is 600 g/mol. The van der Waals surface area contributed by atoms with Gasteiger partial charge < -0.3 is 19.3 Å². The van der Waals surface area contributed by atoms with Crippen LogP contribution in [-0.2, 0) is 0 Å². The van der Waals surface area contributed by atoms with Crippen molar-refractivity contribution < 1.29 is 37.4 Å². The van der Waals surface area contributed by atoms with Gasteiger partial charge in [-0.1, -0.05) is 12.1 Å². The zero-order valence-corrected chi connectivity index (χ0v) is 23.9. The molecule has 0 aromatic heterocycles. The number of benzene rings is 3. The quantitative estimate of drug-likeness (QED) is 0.399. The zero-order chi connectivity index (χ0) is 30.6. The van der Waals surface area contributed by atoms with E-state index in [0.717, 1.165) is 0 Å². The van der Waals surface area contributed by atoms with Gasteiger partial charge >= 0.3 is 0 Å². The maximum Gasteiger partial charge on any atom is 0.254 e. The van der Waals surface area contributed by atoms with E-state index in [-0.39, 0.29) is 47.3 Å². The van der Waals surface area contributed by atoms with Gasteiger partial charge in [-0.2, -0.15) is 0 Å². The van der Waals surface area contributed by atoms with Gasteiger partial charge in [0, 0.05) is 51.9 Å². The van der Waals surface area contributed by atoms with E-state index in [0.29, 0.717) is 74.5 Å². The lowest BCUT2D eigenvalue weighted by atomic mass is 9.82. The zero-order valence-electron chi connectivity index (χ0n) is 23.9. The topological polar surface area (TPSA) is 93.2 Å². The van der Waals surface area contributed by atoms with Crippen molar-refractivity contribution in [3.8, 4) is 11.5 Å². The minimum atomic E-state index is -0.755. The molecule has 10 heteroatoms. The smallest absolute Gasteiger partial charge is 0.254 e. The van der Waals surface area contributed by atoms with Crippen LogP contribution < -0.4 is 9.47 Å². The maximum absolute atomic E-state index is 13.7. The van der Waals surface area contributed by atoms with Crippen LogP contribution in [0.1, 0.15) is 80.0 Å². The Hall–Kier alpha value is -4.60. The summed E-state index contributed by atoms with van der Waals surface area (Å²) in [7, 11) is 0. The minimum Gasteiger partial charge on any atom is -0.486 e. The van der Waals surface area contributed by atoms with Gasteiger partial charge in [-0.05, 0) is 48.5 Å². The SMILES string of the molecule is O=C1CC2(CCN(C(=O)c3ccccc3C(=O)N3CCC4(CC3)CC(=O)c3cc(F)ccc3O4)CC2)Oc2ccc(F)cc21. The van der Waals surface area contributed by atoms with Crippen LogP contribution in [0.25, 0.3) is 0 Å². The van der Waals surface area contributed by atoms with Gasteiger partial charge in [0.25, 0.3) is 11.8 Å². The van der Waals surface area contributed by atoms with E-state index < -0.39 is 22.8 Å². The number of amides is 2. The van der Waals surface area contributed by atoms with Crippen LogP contribution in [0.15, 0.2) is 60.7 Å². The number of piperidine rings is 2. The Kier molecular flexibility index (Phi) is 6.75. The van der Waals surface area contributed by atoms with Crippen molar-refractivity contribution >= 4 is 23.4 Å². The number of likely N-dealkylation sites (tertiary alicyclic amines) is 2. The van der Waals surface area contributed by atoms with Crippen LogP contribution in [0.2, 0.25) is 0 Å². The second-order valence-electron chi connectivity index (χ2n) is 12.2. The molecule has 2 spiro atoms. The van der Waals surface area contributed by atoms with E-state index >= 15 is 0 Å². The first-order valence-electron chi connectivity index (χ1n) is 14.9. The lowest BCUT2D eigenvalue weighted by Gasteiger charge is -2.44. The molecule has 3 aromatic rings. The molecule has 4 aliphatic heterocycles. The normalized spacial score (nSPS) is 20.0. The minimum absolute atomic E-state index is 0.120. The average Bonchev–Trinajstić information content (AvgIpc) is 3.02. The number of carbonyl (C=O) groups is 4. The third kappa shape index (κ3) is 4.92. The van der Waals surface area contributed by atoms with E-state index in [1.807, 2.05) is 0 Å². The average molecular weight is 601 g/mol. The first kappa shape index (κ1) is 28.2. The van der Waals surface area contributed by atoms with Gasteiger partial charge in [0.05, 0.1) is 35.1 Å². The third-order valence-electron chi connectivity index (χ3n) is 9.41. The molecular weight excluding hydrogens is 570 g/mol. The van der Waals surface area contributed by atoms with E-state index in [2.05, 4.69) is 0 Å². The van der Waals surface area contributed by atoms with Crippen molar-refractivity contribution in [2.45, 2.75) is 49.7 Å². The molecule has 0 N–H and O–H groups in total. The molecule has 8 nitrogen and oxygen atoms in total. The fourth-order valence-corrected chi connectivity index (χ4v) is 6.92. The van der Waals surface area contributed by atoms with Crippen LogP contribution in [0.3, 0.4) is 0 Å². The highest BCUT2D eigenvalue weighted by Gasteiger charge is 2.46. The summed E-state index contributed by atoms with van der Waals surface area (Å²) in [5.74, 6) is -1.15. The first-order chi connectivity index (χ1) is 21.1. The van der Waals surface area contributed by atoms with Gasteiger partial charge in [0.2, 0.25) is 0 Å². The first-order valence-corrected chi connectivity index (χ1v) is 14.9. The molecule has 0 atom stereocenters. The van der Waals surface area contributed by atoms with Crippen molar-refractivity contribution in [1.82, 2.24) is 9.80 Å². The molecule has 44 heavy (non-hydrogen) atoms. The van der Waals surface area contributed by atoms with Crippen LogP contribution in [0.5, 0.6) is 11.5 Å². The highest BCUT2D eigenvalue weighted by atomic mass is 19.1. The molecule has 0 radical (unpaired) electrons. The molecule has 0 bridgehead atoms. The molecule has 0 unspecified atom stereocenters. The van der Waals surface area contributed by atoms with Crippen LogP contribution in [0.4, 0.5) is 8.78 Å². The van der Waals surface area contributed by atoms with Gasteiger partial charge in [0.1, 0.15) is 34.3 Å². The molecule has 3 aromatic carbocycles. The highest BCUT2D eigenvalue weighted by Crippen LogP contribution is 2.41. The van der Waals surface area contributed by atoms with Crippen molar-refractivity contribution in [3.05, 3.63) is 94.6 Å². The number of fused-ring (bicyclic) bond motifs is 2. The fourth-order valence-electron chi connectivity index (χ4n) is 6.92. The van der Waals surface area contributed by atoms with Crippen LogP contribution >= 0.6 is 0 Å². The van der Waals surface area contributed by atoms with Crippen molar-refractivity contribution in [3.63, 3.8) is 0 Å². The summed E-state index contributed by atoms with van der Waals surface area (Å²) in [5.41, 5.74) is -0.422. The summed E-state index contributed by atoms with van der Waals surface area (Å²) >= 11 is 0. The molecular formula is C34H30F2N2O6. The predicted molar refractivity (Wildman–Crippen MR) is 154 cm³/mol. The molecule has 7 rings (SSSR count). The largest absolute Gasteiger partial charge is 0.486 e. The number of ether oxygens (including phenoxy) is 2. The fraction of sp³-hybridized carbons (Fsp3) is 0.353. The predicted octanol–water partition coefficient (Wildman–Crippen LogP) is 5.25. The summed E-state index contributed by atoms with van der Waals surface area (Å²) in [6.07, 6.45) is 1.96. The molecule has 2 fully saturated rings. The van der Waals surface area contributed by atoms with E-state index in [4.69, 9.17) is 9.47 Å². The molecule has 0 aliphatic carbocycles. The Morgan fingerprint density at radius 1 is 0.614 bits per heavy atom. The van der Waals surface area contributed by atoms with Gasteiger partial charge in [0.15, 0.2) is 11.6 Å². The molecule has 0 saturated carbocycles. The summed E-state index contributed by atoms with van der Waals surface area (Å²) in [4.78, 5) is 56.4. The second-order valence-corrected chi connectivity index (χ2v) is 12.2. The Bertz CT molecular complexity index is 1580. The molecule has 4 heterocycles. The Morgan fingerprint density at radius 2 is 1.00 bits per heavy atom. The summed E-state index contributed by atoms with van der Waals surface area (Å²) < 4.78 is 39.7. The second kappa shape index (κ2) is 10.5. The summed E-state index contributed by atoms with van der Waals surface area (Å²) in [6, 6.07) is 14.6. The number of ketones is 2. The van der Waals surface area contributed by atoms with Crippen LogP contribution in [0, 0.1) is 11.6 Å². The summed E-state index contributed by atoms with van der Waals surface area (Å²) in [6.45, 7) is 1.37. The standard InChI is InChI=1S/C34H30F2N2O6/c35-21-5-7-29-25(17-21)27(39)19-33(43-29)9-13-37(14-10-33)31(41)23-3-1-2-4-24(23)32(42)38-15-11-34(12-16-38)20-28(40)26-18-22(36)6-8-30(26)44-34/h1-8,17-18H,9-16,19-20H2. The summed E-state index contributed by atoms with van der Waals surface area (Å²) in [5, 5.41) is 0. The van der Waals surface area contributed by atoms with Crippen molar-refractivity contribution in [2.75, 3.05) is 26.2 Å². The lowest BCUT2D eigenvalue weighted by molar-refractivity contribution is -0.00767. The maximum atomic E-state index is 13.7. The number of hydrogen-bond donors (Lipinski definition) is 0. The van der Waals surface area contributed by atoms with E-state index in [1.54, 1.807) is 34.1 Å². The lowest BCUT2D eigenvalue weighted by Crippen LogP contribution is -2.53. The molecule has 2 amide bonds. The number of rotatable bonds is 2. The van der Waals surface area contributed by atoms with Crippen molar-refractivity contribution in [1.29, 1.82) is 0 Å². The molecule has 226 valence electrons. The Morgan fingerprint density at radius 3 is 1.39 bits per heavy atom. The molecule has 2 saturated heterocycles. The van der Waals surface area contributed by atoms with Crippen LogP contribution in [-0.4, -0.2) is 70.6 Å². The third-order valence-corrected chi connectivity index (χ3v) is 9.41. The Balaban J connectivity index is 1.02. The van der Waals surface area contributed by atoms with Gasteiger partial charge in [-0.3, -0.25) is 19.2 Å². The number of carbonyl (C=O) groups excluding carboxylic acids is 4. The number of Topliss-reactive ketones (excluding diaryl/α,β-unsaturated/α-hetero) is 2. The van der Waals surface area contributed by atoms with Crippen molar-refractivity contribution in [2.24, 2.45) is 0 Å². The highest BCUT2D eigenvalue weighted by molar-refractivity contribution is 6.07.